The second-order valence-electron chi connectivity index (χ2n) is 3.66. The van der Waals surface area contributed by atoms with Crippen molar-refractivity contribution in [2.75, 3.05) is 12.0 Å². The molecule has 1 aromatic rings. The Morgan fingerprint density at radius 3 is 3.07 bits per heavy atom. The molecule has 3 N–H and O–H groups in total. The lowest BCUT2D eigenvalue weighted by Gasteiger charge is -2.15. The molecule has 0 spiro atoms. The van der Waals surface area contributed by atoms with Crippen molar-refractivity contribution >= 4 is 5.82 Å². The number of rotatable bonds is 5. The summed E-state index contributed by atoms with van der Waals surface area (Å²) in [5.74, 6) is 7.25. The molecule has 1 aliphatic rings. The van der Waals surface area contributed by atoms with Gasteiger partial charge in [-0.1, -0.05) is 0 Å². The summed E-state index contributed by atoms with van der Waals surface area (Å²) in [6, 6.07) is 1.74. The minimum atomic E-state index is 0.0308. The summed E-state index contributed by atoms with van der Waals surface area (Å²) in [4.78, 5) is 8.54. The molecule has 2 rings (SSSR count). The van der Waals surface area contributed by atoms with E-state index < -0.39 is 0 Å². The Kier molecular flexibility index (Phi) is 3.13. The van der Waals surface area contributed by atoms with Gasteiger partial charge >= 0.3 is 0 Å². The van der Waals surface area contributed by atoms with Gasteiger partial charge in [0.1, 0.15) is 11.9 Å². The third-order valence-electron chi connectivity index (χ3n) is 2.47. The minimum Gasteiger partial charge on any atom is -0.370 e. The molecular weight excluding hydrogens is 192 g/mol. The van der Waals surface area contributed by atoms with Crippen LogP contribution in [0, 0.1) is 5.92 Å². The third kappa shape index (κ3) is 2.43. The third-order valence-corrected chi connectivity index (χ3v) is 2.47. The Labute approximate surface area is 89.0 Å². The van der Waals surface area contributed by atoms with Gasteiger partial charge in [-0.05, 0) is 25.7 Å². The molecule has 1 aliphatic carbocycles. The standard InChI is InChI=1S/C10H16N4O/c1-2-15-9(7-3-4-7)10-12-6-5-8(13-10)14-11/h5-7,9H,2-4,11H2,1H3,(H,12,13,14). The molecule has 5 nitrogen and oxygen atoms in total. The van der Waals surface area contributed by atoms with Crippen molar-refractivity contribution in [1.82, 2.24) is 9.97 Å². The van der Waals surface area contributed by atoms with E-state index in [0.29, 0.717) is 18.3 Å². The Hall–Kier alpha value is -1.20. The first-order chi connectivity index (χ1) is 7.35. The van der Waals surface area contributed by atoms with Crippen LogP contribution in [0.5, 0.6) is 0 Å². The lowest BCUT2D eigenvalue weighted by Crippen LogP contribution is -2.14. The molecule has 1 unspecified atom stereocenters. The molecule has 0 bridgehead atoms. The quantitative estimate of drug-likeness (QED) is 0.562. The molecule has 0 radical (unpaired) electrons. The van der Waals surface area contributed by atoms with Gasteiger partial charge in [0.2, 0.25) is 0 Å². The topological polar surface area (TPSA) is 73.1 Å². The maximum atomic E-state index is 5.66. The average Bonchev–Trinajstić information content (AvgIpc) is 3.10. The van der Waals surface area contributed by atoms with Gasteiger partial charge < -0.3 is 10.2 Å². The Bertz CT molecular complexity index is 327. The summed E-state index contributed by atoms with van der Waals surface area (Å²) in [6.45, 7) is 2.67. The summed E-state index contributed by atoms with van der Waals surface area (Å²) < 4.78 is 5.66. The van der Waals surface area contributed by atoms with E-state index in [2.05, 4.69) is 15.4 Å². The fraction of sp³-hybridized carbons (Fsp3) is 0.600. The van der Waals surface area contributed by atoms with E-state index in [-0.39, 0.29) is 6.10 Å². The predicted octanol–water partition coefficient (Wildman–Crippen LogP) is 1.25. The van der Waals surface area contributed by atoms with Crippen LogP contribution < -0.4 is 11.3 Å². The number of ether oxygens (including phenoxy) is 1. The van der Waals surface area contributed by atoms with Crippen molar-refractivity contribution in [3.8, 4) is 0 Å². The number of aromatic nitrogens is 2. The number of hydrazine groups is 1. The first kappa shape index (κ1) is 10.3. The number of nitrogens with zero attached hydrogens (tertiary/aromatic N) is 2. The van der Waals surface area contributed by atoms with Crippen molar-refractivity contribution < 1.29 is 4.74 Å². The van der Waals surface area contributed by atoms with Crippen LogP contribution in [-0.4, -0.2) is 16.6 Å². The Morgan fingerprint density at radius 1 is 1.67 bits per heavy atom. The number of hydrogen-bond acceptors (Lipinski definition) is 5. The monoisotopic (exact) mass is 208 g/mol. The van der Waals surface area contributed by atoms with Gasteiger partial charge in [0.15, 0.2) is 5.82 Å². The molecule has 0 saturated heterocycles. The molecule has 0 aliphatic heterocycles. The second-order valence-corrected chi connectivity index (χ2v) is 3.66. The van der Waals surface area contributed by atoms with Gasteiger partial charge in [-0.15, -0.1) is 0 Å². The van der Waals surface area contributed by atoms with Crippen LogP contribution in [-0.2, 0) is 4.74 Å². The van der Waals surface area contributed by atoms with Crippen LogP contribution in [0.2, 0.25) is 0 Å². The van der Waals surface area contributed by atoms with Crippen molar-refractivity contribution in [2.45, 2.75) is 25.9 Å². The predicted molar refractivity (Wildman–Crippen MR) is 56.9 cm³/mol. The SMILES string of the molecule is CCOC(c1nccc(NN)n1)C1CC1. The lowest BCUT2D eigenvalue weighted by molar-refractivity contribution is 0.0401. The number of nitrogen functional groups attached to an aromatic ring is 1. The molecule has 1 heterocycles. The number of anilines is 1. The minimum absolute atomic E-state index is 0.0308. The van der Waals surface area contributed by atoms with E-state index in [0.717, 1.165) is 5.82 Å². The first-order valence-corrected chi connectivity index (χ1v) is 5.26. The first-order valence-electron chi connectivity index (χ1n) is 5.26. The zero-order chi connectivity index (χ0) is 10.7. The fourth-order valence-electron chi connectivity index (χ4n) is 1.59. The van der Waals surface area contributed by atoms with Gasteiger partial charge in [0.05, 0.1) is 0 Å². The molecule has 0 amide bonds. The molecule has 15 heavy (non-hydrogen) atoms. The smallest absolute Gasteiger partial charge is 0.159 e. The molecular formula is C10H16N4O. The molecule has 5 heteroatoms. The van der Waals surface area contributed by atoms with Crippen molar-refractivity contribution in [2.24, 2.45) is 11.8 Å². The molecule has 82 valence electrons. The van der Waals surface area contributed by atoms with Crippen LogP contribution >= 0.6 is 0 Å². The summed E-state index contributed by atoms with van der Waals surface area (Å²) >= 11 is 0. The zero-order valence-corrected chi connectivity index (χ0v) is 8.81. The van der Waals surface area contributed by atoms with Crippen LogP contribution in [0.1, 0.15) is 31.7 Å². The van der Waals surface area contributed by atoms with Gasteiger partial charge in [-0.25, -0.2) is 15.8 Å². The fourth-order valence-corrected chi connectivity index (χ4v) is 1.59. The van der Waals surface area contributed by atoms with Crippen LogP contribution in [0.15, 0.2) is 12.3 Å². The van der Waals surface area contributed by atoms with Crippen molar-refractivity contribution in [3.63, 3.8) is 0 Å². The van der Waals surface area contributed by atoms with Crippen LogP contribution in [0.4, 0.5) is 5.82 Å². The molecule has 1 aromatic heterocycles. The maximum absolute atomic E-state index is 5.66. The Balaban J connectivity index is 2.16. The number of nitrogens with one attached hydrogen (secondary N) is 1. The number of nitrogens with two attached hydrogens (primary N) is 1. The van der Waals surface area contributed by atoms with E-state index in [1.54, 1.807) is 12.3 Å². The lowest BCUT2D eigenvalue weighted by atomic mass is 10.2. The van der Waals surface area contributed by atoms with Crippen molar-refractivity contribution in [1.29, 1.82) is 0 Å². The second kappa shape index (κ2) is 4.55. The van der Waals surface area contributed by atoms with Crippen LogP contribution in [0.25, 0.3) is 0 Å². The highest BCUT2D eigenvalue weighted by molar-refractivity contribution is 5.31. The van der Waals surface area contributed by atoms with Gasteiger partial charge in [-0.3, -0.25) is 0 Å². The maximum Gasteiger partial charge on any atom is 0.159 e. The van der Waals surface area contributed by atoms with E-state index in [1.165, 1.54) is 12.8 Å². The van der Waals surface area contributed by atoms with Crippen LogP contribution in [0.3, 0.4) is 0 Å². The van der Waals surface area contributed by atoms with E-state index in [1.807, 2.05) is 6.92 Å². The Morgan fingerprint density at radius 2 is 2.47 bits per heavy atom. The van der Waals surface area contributed by atoms with Gasteiger partial charge in [0, 0.05) is 18.9 Å². The summed E-state index contributed by atoms with van der Waals surface area (Å²) in [7, 11) is 0. The van der Waals surface area contributed by atoms with Gasteiger partial charge in [-0.2, -0.15) is 0 Å². The molecule has 0 aromatic carbocycles. The van der Waals surface area contributed by atoms with Gasteiger partial charge in [0.25, 0.3) is 0 Å². The highest BCUT2D eigenvalue weighted by atomic mass is 16.5. The number of hydrogen-bond donors (Lipinski definition) is 2. The molecule has 1 fully saturated rings. The highest BCUT2D eigenvalue weighted by Crippen LogP contribution is 2.42. The normalized spacial score (nSPS) is 17.5. The summed E-state index contributed by atoms with van der Waals surface area (Å²) in [5, 5.41) is 0. The summed E-state index contributed by atoms with van der Waals surface area (Å²) in [6.07, 6.45) is 4.14. The van der Waals surface area contributed by atoms with E-state index in [4.69, 9.17) is 10.6 Å². The largest absolute Gasteiger partial charge is 0.370 e. The van der Waals surface area contributed by atoms with Crippen molar-refractivity contribution in [3.05, 3.63) is 18.1 Å². The summed E-state index contributed by atoms with van der Waals surface area (Å²) in [5.41, 5.74) is 2.52. The van der Waals surface area contributed by atoms with E-state index in [9.17, 15) is 0 Å². The van der Waals surface area contributed by atoms with E-state index >= 15 is 0 Å². The molecule has 1 saturated carbocycles. The average molecular weight is 208 g/mol. The highest BCUT2D eigenvalue weighted by Gasteiger charge is 2.34. The molecule has 1 atom stereocenters. The zero-order valence-electron chi connectivity index (χ0n) is 8.81.